The van der Waals surface area contributed by atoms with E-state index in [4.69, 9.17) is 0 Å². The first kappa shape index (κ1) is 11.4. The summed E-state index contributed by atoms with van der Waals surface area (Å²) < 4.78 is 38.8. The van der Waals surface area contributed by atoms with Crippen LogP contribution in [-0.2, 0) is 12.7 Å². The molecule has 16 heavy (non-hydrogen) atoms. The monoisotopic (exact) mass is 233 g/mol. The lowest BCUT2D eigenvalue weighted by Crippen LogP contribution is -2.31. The SMILES string of the molecule is FC(F)(F)c1ccnn1CC1CCNCC1. The lowest BCUT2D eigenvalue weighted by Gasteiger charge is -2.23. The number of hydrogen-bond acceptors (Lipinski definition) is 2. The number of rotatable bonds is 2. The van der Waals surface area contributed by atoms with Crippen molar-refractivity contribution >= 4 is 0 Å². The van der Waals surface area contributed by atoms with Crippen LogP contribution < -0.4 is 5.32 Å². The van der Waals surface area contributed by atoms with Gasteiger partial charge >= 0.3 is 6.18 Å². The maximum atomic E-state index is 12.6. The number of halogens is 3. The van der Waals surface area contributed by atoms with Crippen molar-refractivity contribution in [2.45, 2.75) is 25.6 Å². The third-order valence-corrected chi connectivity index (χ3v) is 2.90. The zero-order valence-electron chi connectivity index (χ0n) is 8.80. The Morgan fingerprint density at radius 3 is 2.69 bits per heavy atom. The fourth-order valence-corrected chi connectivity index (χ4v) is 2.03. The van der Waals surface area contributed by atoms with Gasteiger partial charge in [0, 0.05) is 12.7 Å². The standard InChI is InChI=1S/C10H14F3N3/c11-10(12,13)9-3-6-15-16(9)7-8-1-4-14-5-2-8/h3,6,8,14H,1-2,4-5,7H2. The molecule has 0 saturated carbocycles. The summed E-state index contributed by atoms with van der Waals surface area (Å²) in [6, 6.07) is 1.03. The molecule has 0 atom stereocenters. The fourth-order valence-electron chi connectivity index (χ4n) is 2.03. The van der Waals surface area contributed by atoms with Gasteiger partial charge in [0.25, 0.3) is 0 Å². The Bertz CT molecular complexity index is 339. The summed E-state index contributed by atoms with van der Waals surface area (Å²) in [4.78, 5) is 0. The summed E-state index contributed by atoms with van der Waals surface area (Å²) >= 11 is 0. The van der Waals surface area contributed by atoms with Gasteiger partial charge in [-0.2, -0.15) is 18.3 Å². The van der Waals surface area contributed by atoms with Crippen molar-refractivity contribution in [2.24, 2.45) is 5.92 Å². The summed E-state index contributed by atoms with van der Waals surface area (Å²) in [5.41, 5.74) is -0.647. The Hall–Kier alpha value is -1.04. The molecular weight excluding hydrogens is 219 g/mol. The second kappa shape index (κ2) is 4.45. The van der Waals surface area contributed by atoms with E-state index >= 15 is 0 Å². The third kappa shape index (κ3) is 2.55. The lowest BCUT2D eigenvalue weighted by molar-refractivity contribution is -0.144. The van der Waals surface area contributed by atoms with Crippen LogP contribution in [0.3, 0.4) is 0 Å². The van der Waals surface area contributed by atoms with Crippen LogP contribution in [0.5, 0.6) is 0 Å². The molecule has 0 bridgehead atoms. The van der Waals surface area contributed by atoms with Crippen molar-refractivity contribution in [3.05, 3.63) is 18.0 Å². The Labute approximate surface area is 91.6 Å². The molecule has 3 nitrogen and oxygen atoms in total. The highest BCUT2D eigenvalue weighted by Crippen LogP contribution is 2.29. The largest absolute Gasteiger partial charge is 0.433 e. The van der Waals surface area contributed by atoms with Crippen LogP contribution in [0.15, 0.2) is 12.3 Å². The molecule has 90 valence electrons. The van der Waals surface area contributed by atoms with Gasteiger partial charge in [-0.15, -0.1) is 0 Å². The topological polar surface area (TPSA) is 29.9 Å². The van der Waals surface area contributed by atoms with Crippen LogP contribution in [-0.4, -0.2) is 22.9 Å². The zero-order chi connectivity index (χ0) is 11.6. The molecule has 0 amide bonds. The summed E-state index contributed by atoms with van der Waals surface area (Å²) in [6.07, 6.45) is -1.26. The van der Waals surface area contributed by atoms with Crippen LogP contribution in [0.25, 0.3) is 0 Å². The van der Waals surface area contributed by atoms with Gasteiger partial charge in [0.2, 0.25) is 0 Å². The van der Waals surface area contributed by atoms with E-state index in [1.807, 2.05) is 0 Å². The molecule has 1 aliphatic rings. The van der Waals surface area contributed by atoms with Crippen molar-refractivity contribution in [3.8, 4) is 0 Å². The Kier molecular flexibility index (Phi) is 3.18. The average Bonchev–Trinajstić information content (AvgIpc) is 2.67. The summed E-state index contributed by atoms with van der Waals surface area (Å²) in [5, 5.41) is 6.94. The number of hydrogen-bond donors (Lipinski definition) is 1. The molecule has 6 heteroatoms. The van der Waals surface area contributed by atoms with Gasteiger partial charge in [-0.1, -0.05) is 0 Å². The van der Waals surface area contributed by atoms with Crippen molar-refractivity contribution in [1.82, 2.24) is 15.1 Å². The van der Waals surface area contributed by atoms with E-state index in [0.29, 0.717) is 12.5 Å². The van der Waals surface area contributed by atoms with E-state index in [2.05, 4.69) is 10.4 Å². The van der Waals surface area contributed by atoms with Gasteiger partial charge in [-0.3, -0.25) is 4.68 Å². The van der Waals surface area contributed by atoms with Crippen molar-refractivity contribution in [2.75, 3.05) is 13.1 Å². The number of nitrogens with zero attached hydrogens (tertiary/aromatic N) is 2. The maximum absolute atomic E-state index is 12.6. The van der Waals surface area contributed by atoms with Crippen LogP contribution in [0.1, 0.15) is 18.5 Å². The Balaban J connectivity index is 2.06. The first-order valence-electron chi connectivity index (χ1n) is 5.37. The molecule has 1 aromatic rings. The van der Waals surface area contributed by atoms with Crippen molar-refractivity contribution in [3.63, 3.8) is 0 Å². The number of piperidine rings is 1. The smallest absolute Gasteiger partial charge is 0.317 e. The first-order chi connectivity index (χ1) is 7.57. The molecule has 0 aromatic carbocycles. The molecule has 1 fully saturated rings. The molecule has 0 radical (unpaired) electrons. The Morgan fingerprint density at radius 1 is 1.38 bits per heavy atom. The zero-order valence-corrected chi connectivity index (χ0v) is 8.80. The lowest BCUT2D eigenvalue weighted by atomic mass is 9.98. The third-order valence-electron chi connectivity index (χ3n) is 2.90. The van der Waals surface area contributed by atoms with Gasteiger partial charge in [-0.05, 0) is 37.9 Å². The van der Waals surface area contributed by atoms with Crippen LogP contribution in [0.2, 0.25) is 0 Å². The van der Waals surface area contributed by atoms with E-state index in [1.54, 1.807) is 0 Å². The van der Waals surface area contributed by atoms with Crippen molar-refractivity contribution < 1.29 is 13.2 Å². The van der Waals surface area contributed by atoms with E-state index in [1.165, 1.54) is 6.20 Å². The van der Waals surface area contributed by atoms with Gasteiger partial charge in [0.05, 0.1) is 0 Å². The predicted octanol–water partition coefficient (Wildman–Crippen LogP) is 1.90. The molecule has 2 rings (SSSR count). The molecule has 1 aromatic heterocycles. The van der Waals surface area contributed by atoms with Gasteiger partial charge < -0.3 is 5.32 Å². The minimum Gasteiger partial charge on any atom is -0.317 e. The van der Waals surface area contributed by atoms with Crippen LogP contribution in [0, 0.1) is 5.92 Å². The minimum atomic E-state index is -4.30. The van der Waals surface area contributed by atoms with Crippen molar-refractivity contribution in [1.29, 1.82) is 0 Å². The van der Waals surface area contributed by atoms with Crippen LogP contribution in [0.4, 0.5) is 13.2 Å². The molecule has 1 N–H and O–H groups in total. The molecule has 0 aliphatic carbocycles. The van der Waals surface area contributed by atoms with Crippen LogP contribution >= 0.6 is 0 Å². The van der Waals surface area contributed by atoms with Gasteiger partial charge in [0.1, 0.15) is 5.69 Å². The summed E-state index contributed by atoms with van der Waals surface area (Å²) in [7, 11) is 0. The molecular formula is C10H14F3N3. The highest BCUT2D eigenvalue weighted by molar-refractivity contribution is 5.05. The quantitative estimate of drug-likeness (QED) is 0.845. The first-order valence-corrected chi connectivity index (χ1v) is 5.37. The second-order valence-corrected chi connectivity index (χ2v) is 4.09. The second-order valence-electron chi connectivity index (χ2n) is 4.09. The number of nitrogens with one attached hydrogen (secondary N) is 1. The minimum absolute atomic E-state index is 0.294. The van der Waals surface area contributed by atoms with Gasteiger partial charge in [0.15, 0.2) is 0 Å². The van der Waals surface area contributed by atoms with E-state index in [9.17, 15) is 13.2 Å². The fraction of sp³-hybridized carbons (Fsp3) is 0.700. The van der Waals surface area contributed by atoms with E-state index in [0.717, 1.165) is 36.7 Å². The highest BCUT2D eigenvalue weighted by Gasteiger charge is 2.35. The predicted molar refractivity (Wildman–Crippen MR) is 52.8 cm³/mol. The molecule has 2 heterocycles. The molecule has 0 spiro atoms. The average molecular weight is 233 g/mol. The highest BCUT2D eigenvalue weighted by atomic mass is 19.4. The molecule has 1 aliphatic heterocycles. The Morgan fingerprint density at radius 2 is 2.06 bits per heavy atom. The maximum Gasteiger partial charge on any atom is 0.433 e. The molecule has 1 saturated heterocycles. The number of aromatic nitrogens is 2. The number of alkyl halides is 3. The van der Waals surface area contributed by atoms with E-state index in [-0.39, 0.29) is 0 Å². The van der Waals surface area contributed by atoms with E-state index < -0.39 is 11.9 Å². The molecule has 0 unspecified atom stereocenters. The van der Waals surface area contributed by atoms with Gasteiger partial charge in [-0.25, -0.2) is 0 Å². The summed E-state index contributed by atoms with van der Waals surface area (Å²) in [6.45, 7) is 2.13. The normalized spacial score (nSPS) is 18.9. The summed E-state index contributed by atoms with van der Waals surface area (Å²) in [5.74, 6) is 0.294.